The molecule has 0 fully saturated rings. The van der Waals surface area contributed by atoms with E-state index in [9.17, 15) is 4.79 Å². The largest absolute Gasteiger partial charge is 0.497 e. The highest BCUT2D eigenvalue weighted by molar-refractivity contribution is 6.67. The Morgan fingerprint density at radius 2 is 1.32 bits per heavy atom. The van der Waals surface area contributed by atoms with E-state index in [4.69, 9.17) is 74.3 Å². The zero-order valence-corrected chi connectivity index (χ0v) is 20.1. The van der Waals surface area contributed by atoms with E-state index in [0.29, 0.717) is 22.6 Å². The van der Waals surface area contributed by atoms with Crippen molar-refractivity contribution in [3.8, 4) is 17.1 Å². The van der Waals surface area contributed by atoms with Crippen LogP contribution in [0.4, 0.5) is 5.69 Å². The van der Waals surface area contributed by atoms with Gasteiger partial charge in [0.05, 0.1) is 7.11 Å². The summed E-state index contributed by atoms with van der Waals surface area (Å²) in [4.78, 5) is 24.6. The van der Waals surface area contributed by atoms with Crippen LogP contribution in [0.25, 0.3) is 11.4 Å². The van der Waals surface area contributed by atoms with Gasteiger partial charge in [-0.05, 0) is 48.5 Å². The molecule has 1 N–H and O–H groups in total. The summed E-state index contributed by atoms with van der Waals surface area (Å²) in [5.74, 6) is 0.112. The van der Waals surface area contributed by atoms with Crippen molar-refractivity contribution in [1.29, 1.82) is 0 Å². The standard InChI is InChI=1S/C19H12Cl6N4O2/c1-31-13-8-4-11(5-9-13)15(30)26-12-6-2-10(3-7-12)14-27-16(18(20,21)22)29-17(28-14)19(23,24)25/h2-9H,1H3,(H,26,30). The molecule has 2 aromatic carbocycles. The highest BCUT2D eigenvalue weighted by Gasteiger charge is 2.34. The van der Waals surface area contributed by atoms with Gasteiger partial charge in [0, 0.05) is 16.8 Å². The predicted octanol–water partition coefficient (Wildman–Crippen LogP) is 6.45. The van der Waals surface area contributed by atoms with E-state index in [2.05, 4.69) is 20.3 Å². The minimum Gasteiger partial charge on any atom is -0.497 e. The third-order valence-electron chi connectivity index (χ3n) is 3.90. The van der Waals surface area contributed by atoms with Crippen molar-refractivity contribution in [3.05, 3.63) is 65.7 Å². The molecule has 0 aliphatic heterocycles. The number of halogens is 6. The molecule has 12 heteroatoms. The average molecular weight is 541 g/mol. The van der Waals surface area contributed by atoms with Gasteiger partial charge in [0.25, 0.3) is 5.91 Å². The molecule has 31 heavy (non-hydrogen) atoms. The molecule has 1 heterocycles. The second kappa shape index (κ2) is 9.53. The van der Waals surface area contributed by atoms with E-state index in [1.807, 2.05) is 0 Å². The molecule has 3 rings (SSSR count). The Balaban J connectivity index is 1.86. The van der Waals surface area contributed by atoms with Crippen molar-refractivity contribution in [2.45, 2.75) is 7.59 Å². The van der Waals surface area contributed by atoms with Crippen molar-refractivity contribution in [2.75, 3.05) is 12.4 Å². The molecule has 0 saturated carbocycles. The molecular weight excluding hydrogens is 529 g/mol. The normalized spacial score (nSPS) is 11.8. The minimum absolute atomic E-state index is 0.130. The predicted molar refractivity (Wildman–Crippen MR) is 125 cm³/mol. The topological polar surface area (TPSA) is 77.0 Å². The fourth-order valence-electron chi connectivity index (χ4n) is 2.41. The molecule has 1 amide bonds. The number of nitrogens with one attached hydrogen (secondary N) is 1. The number of hydrogen-bond acceptors (Lipinski definition) is 5. The third-order valence-corrected chi connectivity index (χ3v) is 4.91. The van der Waals surface area contributed by atoms with Crippen LogP contribution in [0.5, 0.6) is 5.75 Å². The van der Waals surface area contributed by atoms with Gasteiger partial charge in [-0.2, -0.15) is 0 Å². The van der Waals surface area contributed by atoms with Gasteiger partial charge in [0.1, 0.15) is 5.75 Å². The number of carbonyl (C=O) groups excluding carboxylic acids is 1. The number of aromatic nitrogens is 3. The van der Waals surface area contributed by atoms with Crippen LogP contribution in [0, 0.1) is 0 Å². The number of benzene rings is 2. The molecule has 6 nitrogen and oxygen atoms in total. The van der Waals surface area contributed by atoms with Gasteiger partial charge in [0.15, 0.2) is 17.5 Å². The lowest BCUT2D eigenvalue weighted by Crippen LogP contribution is -2.16. The van der Waals surface area contributed by atoms with Crippen LogP contribution in [-0.4, -0.2) is 28.0 Å². The molecule has 0 aliphatic rings. The second-order valence-electron chi connectivity index (χ2n) is 6.06. The molecule has 0 bridgehead atoms. The first-order valence-corrected chi connectivity index (χ1v) is 10.7. The zero-order chi connectivity index (χ0) is 22.8. The van der Waals surface area contributed by atoms with E-state index in [0.717, 1.165) is 0 Å². The van der Waals surface area contributed by atoms with Crippen LogP contribution in [0.2, 0.25) is 0 Å². The second-order valence-corrected chi connectivity index (χ2v) is 10.6. The molecule has 3 aromatic rings. The highest BCUT2D eigenvalue weighted by Crippen LogP contribution is 2.40. The smallest absolute Gasteiger partial charge is 0.255 e. The number of methoxy groups -OCH3 is 1. The van der Waals surface area contributed by atoms with Gasteiger partial charge >= 0.3 is 0 Å². The SMILES string of the molecule is COc1ccc(C(=O)Nc2ccc(-c3nc(C(Cl)(Cl)Cl)nc(C(Cl)(Cl)Cl)n3)cc2)cc1. The first-order chi connectivity index (χ1) is 14.5. The zero-order valence-electron chi connectivity index (χ0n) is 15.5. The Hall–Kier alpha value is -1.54. The number of carbonyl (C=O) groups is 1. The van der Waals surface area contributed by atoms with Gasteiger partial charge in [-0.1, -0.05) is 69.6 Å². The Kier molecular flexibility index (Phi) is 7.41. The maximum absolute atomic E-state index is 12.4. The van der Waals surface area contributed by atoms with Gasteiger partial charge in [-0.25, -0.2) is 15.0 Å². The van der Waals surface area contributed by atoms with E-state index in [1.54, 1.807) is 55.6 Å². The quantitative estimate of drug-likeness (QED) is 0.385. The summed E-state index contributed by atoms with van der Waals surface area (Å²) in [6.07, 6.45) is 0. The molecule has 0 atom stereocenters. The highest BCUT2D eigenvalue weighted by atomic mass is 35.6. The van der Waals surface area contributed by atoms with Crippen molar-refractivity contribution in [3.63, 3.8) is 0 Å². The van der Waals surface area contributed by atoms with E-state index >= 15 is 0 Å². The lowest BCUT2D eigenvalue weighted by atomic mass is 10.1. The monoisotopic (exact) mass is 538 g/mol. The molecule has 0 saturated heterocycles. The molecule has 162 valence electrons. The average Bonchev–Trinajstić information content (AvgIpc) is 2.72. The summed E-state index contributed by atoms with van der Waals surface area (Å²) in [5, 5.41) is 2.79. The molecular formula is C19H12Cl6N4O2. The summed E-state index contributed by atoms with van der Waals surface area (Å²) < 4.78 is 1.18. The fourth-order valence-corrected chi connectivity index (χ4v) is 2.91. The van der Waals surface area contributed by atoms with Crippen LogP contribution in [0.1, 0.15) is 22.0 Å². The number of hydrogen-bond donors (Lipinski definition) is 1. The Morgan fingerprint density at radius 3 is 1.77 bits per heavy atom. The van der Waals surface area contributed by atoms with Crippen LogP contribution >= 0.6 is 69.6 Å². The van der Waals surface area contributed by atoms with Crippen LogP contribution in [-0.2, 0) is 7.59 Å². The third kappa shape index (κ3) is 6.25. The number of anilines is 1. The Bertz CT molecular complexity index is 1050. The number of ether oxygens (including phenoxy) is 1. The maximum Gasteiger partial charge on any atom is 0.255 e. The first kappa shape index (κ1) is 24.1. The van der Waals surface area contributed by atoms with Gasteiger partial charge in [-0.15, -0.1) is 0 Å². The van der Waals surface area contributed by atoms with Crippen molar-refractivity contribution >= 4 is 81.2 Å². The number of amides is 1. The summed E-state index contributed by atoms with van der Waals surface area (Å²) in [6.45, 7) is 0. The fraction of sp³-hybridized carbons (Fsp3) is 0.158. The van der Waals surface area contributed by atoms with Gasteiger partial charge < -0.3 is 10.1 Å². The van der Waals surface area contributed by atoms with Gasteiger partial charge in [-0.3, -0.25) is 4.79 Å². The molecule has 0 aliphatic carbocycles. The molecule has 0 radical (unpaired) electrons. The molecule has 0 spiro atoms. The van der Waals surface area contributed by atoms with Crippen LogP contribution in [0.15, 0.2) is 48.5 Å². The first-order valence-electron chi connectivity index (χ1n) is 8.43. The van der Waals surface area contributed by atoms with Gasteiger partial charge in [0.2, 0.25) is 7.59 Å². The van der Waals surface area contributed by atoms with E-state index < -0.39 is 7.59 Å². The molecule has 1 aromatic heterocycles. The number of nitrogens with zero attached hydrogens (tertiary/aromatic N) is 3. The summed E-state index contributed by atoms with van der Waals surface area (Å²) in [5.41, 5.74) is 1.54. The van der Waals surface area contributed by atoms with Crippen molar-refractivity contribution in [2.24, 2.45) is 0 Å². The Morgan fingerprint density at radius 1 is 0.806 bits per heavy atom. The summed E-state index contributed by atoms with van der Waals surface area (Å²) in [7, 11) is 1.55. The number of alkyl halides is 6. The summed E-state index contributed by atoms with van der Waals surface area (Å²) in [6, 6.07) is 13.3. The lowest BCUT2D eigenvalue weighted by Gasteiger charge is -2.15. The van der Waals surface area contributed by atoms with E-state index in [1.165, 1.54) is 0 Å². The minimum atomic E-state index is -1.95. The van der Waals surface area contributed by atoms with Crippen molar-refractivity contribution in [1.82, 2.24) is 15.0 Å². The molecule has 0 unspecified atom stereocenters. The lowest BCUT2D eigenvalue weighted by molar-refractivity contribution is 0.102. The van der Waals surface area contributed by atoms with Crippen molar-refractivity contribution < 1.29 is 9.53 Å². The van der Waals surface area contributed by atoms with Crippen LogP contribution < -0.4 is 10.1 Å². The van der Waals surface area contributed by atoms with E-state index in [-0.39, 0.29) is 23.4 Å². The Labute approximate surface area is 207 Å². The maximum atomic E-state index is 12.4. The van der Waals surface area contributed by atoms with Crippen LogP contribution in [0.3, 0.4) is 0 Å². The number of rotatable bonds is 4. The summed E-state index contributed by atoms with van der Waals surface area (Å²) >= 11 is 35.4.